The molecule has 0 aliphatic carbocycles. The molecule has 27 heavy (non-hydrogen) atoms. The van der Waals surface area contributed by atoms with Crippen molar-refractivity contribution in [2.75, 3.05) is 39.8 Å². The Morgan fingerprint density at radius 1 is 1.07 bits per heavy atom. The second-order valence-electron chi connectivity index (χ2n) is 6.71. The summed E-state index contributed by atoms with van der Waals surface area (Å²) in [4.78, 5) is 6.84. The fourth-order valence-electron chi connectivity index (χ4n) is 3.27. The standard InChI is InChI=1S/C20H30N6.HI/c1-21-20(23-12-15-25-13-6-3-7-14-25)22-11-10-18-16-24-26(17-18)19-8-4-2-5-9-19;/h2,4-5,8-9,16-17H,3,6-7,10-15H2,1H3,(H2,21,22,23);1H. The van der Waals surface area contributed by atoms with Crippen LogP contribution in [0.1, 0.15) is 24.8 Å². The molecule has 1 fully saturated rings. The molecule has 6 nitrogen and oxygen atoms in total. The van der Waals surface area contributed by atoms with E-state index in [0.717, 1.165) is 37.7 Å². The smallest absolute Gasteiger partial charge is 0.191 e. The predicted molar refractivity (Wildman–Crippen MR) is 122 cm³/mol. The van der Waals surface area contributed by atoms with Gasteiger partial charge >= 0.3 is 0 Å². The van der Waals surface area contributed by atoms with Gasteiger partial charge in [-0.2, -0.15) is 5.10 Å². The van der Waals surface area contributed by atoms with E-state index >= 15 is 0 Å². The highest BCUT2D eigenvalue weighted by Crippen LogP contribution is 2.08. The van der Waals surface area contributed by atoms with E-state index in [0.29, 0.717) is 0 Å². The molecule has 0 radical (unpaired) electrons. The lowest BCUT2D eigenvalue weighted by Gasteiger charge is -2.26. The predicted octanol–water partition coefficient (Wildman–Crippen LogP) is 2.68. The van der Waals surface area contributed by atoms with E-state index in [1.54, 1.807) is 0 Å². The number of para-hydroxylation sites is 1. The summed E-state index contributed by atoms with van der Waals surface area (Å²) in [6.45, 7) is 5.33. The number of piperidine rings is 1. The number of nitrogens with zero attached hydrogens (tertiary/aromatic N) is 4. The molecule has 1 saturated heterocycles. The molecule has 2 heterocycles. The van der Waals surface area contributed by atoms with Crippen LogP contribution in [0.25, 0.3) is 5.69 Å². The Hall–Kier alpha value is -1.61. The van der Waals surface area contributed by atoms with Crippen LogP contribution in [0.5, 0.6) is 0 Å². The maximum Gasteiger partial charge on any atom is 0.191 e. The van der Waals surface area contributed by atoms with Gasteiger partial charge in [0.05, 0.1) is 11.9 Å². The lowest BCUT2D eigenvalue weighted by atomic mass is 10.1. The van der Waals surface area contributed by atoms with Crippen LogP contribution in [0, 0.1) is 0 Å². The van der Waals surface area contributed by atoms with Crippen molar-refractivity contribution in [3.8, 4) is 5.69 Å². The molecule has 1 aromatic carbocycles. The Labute approximate surface area is 179 Å². The van der Waals surface area contributed by atoms with E-state index < -0.39 is 0 Å². The maximum atomic E-state index is 4.44. The van der Waals surface area contributed by atoms with E-state index in [9.17, 15) is 0 Å². The molecule has 0 bridgehead atoms. The number of halogens is 1. The SMILES string of the molecule is CN=C(NCCc1cnn(-c2ccccc2)c1)NCCN1CCCCC1.I. The van der Waals surface area contributed by atoms with Crippen molar-refractivity contribution in [1.29, 1.82) is 0 Å². The molecule has 1 aromatic heterocycles. The van der Waals surface area contributed by atoms with Gasteiger partial charge in [0.15, 0.2) is 5.96 Å². The summed E-state index contributed by atoms with van der Waals surface area (Å²) in [6, 6.07) is 10.2. The van der Waals surface area contributed by atoms with Crippen molar-refractivity contribution in [3.63, 3.8) is 0 Å². The van der Waals surface area contributed by atoms with Crippen LogP contribution in [0.15, 0.2) is 47.7 Å². The summed E-state index contributed by atoms with van der Waals surface area (Å²) in [6.07, 6.45) is 8.99. The average molecular weight is 482 g/mol. The zero-order valence-corrected chi connectivity index (χ0v) is 18.4. The normalized spacial score (nSPS) is 15.2. The van der Waals surface area contributed by atoms with E-state index in [-0.39, 0.29) is 24.0 Å². The molecule has 0 atom stereocenters. The number of hydrogen-bond acceptors (Lipinski definition) is 3. The number of rotatable bonds is 7. The minimum absolute atomic E-state index is 0. The van der Waals surface area contributed by atoms with Gasteiger partial charge in [-0.25, -0.2) is 4.68 Å². The van der Waals surface area contributed by atoms with Gasteiger partial charge in [-0.15, -0.1) is 24.0 Å². The van der Waals surface area contributed by atoms with Gasteiger partial charge in [-0.3, -0.25) is 4.99 Å². The first kappa shape index (κ1) is 21.7. The molecule has 0 spiro atoms. The minimum Gasteiger partial charge on any atom is -0.356 e. The highest BCUT2D eigenvalue weighted by atomic mass is 127. The van der Waals surface area contributed by atoms with Crippen LogP contribution in [0.3, 0.4) is 0 Å². The molecule has 0 unspecified atom stereocenters. The van der Waals surface area contributed by atoms with Crippen molar-refractivity contribution in [1.82, 2.24) is 25.3 Å². The van der Waals surface area contributed by atoms with E-state index in [1.807, 2.05) is 36.1 Å². The van der Waals surface area contributed by atoms with Crippen molar-refractivity contribution in [2.45, 2.75) is 25.7 Å². The van der Waals surface area contributed by atoms with Crippen LogP contribution >= 0.6 is 24.0 Å². The Balaban J connectivity index is 0.00000261. The van der Waals surface area contributed by atoms with Gasteiger partial charge in [0.1, 0.15) is 0 Å². The number of likely N-dealkylation sites (tertiary alicyclic amines) is 1. The van der Waals surface area contributed by atoms with Gasteiger partial charge in [-0.05, 0) is 50.0 Å². The Morgan fingerprint density at radius 3 is 2.56 bits per heavy atom. The Bertz CT molecular complexity index is 679. The topological polar surface area (TPSA) is 57.5 Å². The van der Waals surface area contributed by atoms with Crippen LogP contribution in [-0.4, -0.2) is 60.4 Å². The quantitative estimate of drug-likeness (QED) is 0.362. The summed E-state index contributed by atoms with van der Waals surface area (Å²) < 4.78 is 1.92. The van der Waals surface area contributed by atoms with Crippen LogP contribution in [0.2, 0.25) is 0 Å². The molecule has 2 aromatic rings. The van der Waals surface area contributed by atoms with Crippen molar-refractivity contribution >= 4 is 29.9 Å². The first-order valence-electron chi connectivity index (χ1n) is 9.61. The number of aromatic nitrogens is 2. The second-order valence-corrected chi connectivity index (χ2v) is 6.71. The minimum atomic E-state index is 0. The van der Waals surface area contributed by atoms with Gasteiger partial charge in [0, 0.05) is 32.9 Å². The molecule has 0 amide bonds. The summed E-state index contributed by atoms with van der Waals surface area (Å²) in [5.74, 6) is 0.873. The average Bonchev–Trinajstić information content (AvgIpc) is 3.17. The number of aliphatic imine (C=N–C) groups is 1. The third-order valence-electron chi connectivity index (χ3n) is 4.76. The highest BCUT2D eigenvalue weighted by molar-refractivity contribution is 14.0. The molecule has 2 N–H and O–H groups in total. The third-order valence-corrected chi connectivity index (χ3v) is 4.76. The number of nitrogens with one attached hydrogen (secondary N) is 2. The van der Waals surface area contributed by atoms with E-state index in [4.69, 9.17) is 0 Å². The van der Waals surface area contributed by atoms with Gasteiger partial charge < -0.3 is 15.5 Å². The summed E-state index contributed by atoms with van der Waals surface area (Å²) in [7, 11) is 1.82. The zero-order valence-electron chi connectivity index (χ0n) is 16.1. The van der Waals surface area contributed by atoms with E-state index in [1.165, 1.54) is 37.9 Å². The Morgan fingerprint density at radius 2 is 1.81 bits per heavy atom. The second kappa shape index (κ2) is 12.0. The number of hydrogen-bond donors (Lipinski definition) is 2. The largest absolute Gasteiger partial charge is 0.356 e. The van der Waals surface area contributed by atoms with Crippen LogP contribution < -0.4 is 10.6 Å². The summed E-state index contributed by atoms with van der Waals surface area (Å²) >= 11 is 0. The van der Waals surface area contributed by atoms with Gasteiger partial charge in [0.25, 0.3) is 0 Å². The molecule has 3 rings (SSSR count). The number of guanidine groups is 1. The lowest BCUT2D eigenvalue weighted by Crippen LogP contribution is -2.43. The highest BCUT2D eigenvalue weighted by Gasteiger charge is 2.09. The lowest BCUT2D eigenvalue weighted by molar-refractivity contribution is 0.232. The fourth-order valence-corrected chi connectivity index (χ4v) is 3.27. The monoisotopic (exact) mass is 482 g/mol. The molecule has 7 heteroatoms. The van der Waals surface area contributed by atoms with Gasteiger partial charge in [-0.1, -0.05) is 24.6 Å². The summed E-state index contributed by atoms with van der Waals surface area (Å²) in [5.41, 5.74) is 2.30. The summed E-state index contributed by atoms with van der Waals surface area (Å²) in [5, 5.41) is 11.2. The maximum absolute atomic E-state index is 4.44. The molecular formula is C20H31IN6. The first-order chi connectivity index (χ1) is 12.8. The molecule has 1 aliphatic heterocycles. The van der Waals surface area contributed by atoms with Crippen molar-refractivity contribution < 1.29 is 0 Å². The molecular weight excluding hydrogens is 451 g/mol. The van der Waals surface area contributed by atoms with Crippen molar-refractivity contribution in [3.05, 3.63) is 48.3 Å². The third kappa shape index (κ3) is 7.14. The van der Waals surface area contributed by atoms with Crippen LogP contribution in [-0.2, 0) is 6.42 Å². The van der Waals surface area contributed by atoms with Crippen molar-refractivity contribution in [2.24, 2.45) is 4.99 Å². The molecule has 148 valence electrons. The van der Waals surface area contributed by atoms with E-state index in [2.05, 4.69) is 44.0 Å². The Kier molecular flexibility index (Phi) is 9.61. The van der Waals surface area contributed by atoms with Gasteiger partial charge in [0.2, 0.25) is 0 Å². The molecule has 1 aliphatic rings. The first-order valence-corrected chi connectivity index (χ1v) is 9.61. The zero-order chi connectivity index (χ0) is 18.0. The number of benzene rings is 1. The fraction of sp³-hybridized carbons (Fsp3) is 0.500. The molecule has 0 saturated carbocycles. The van der Waals surface area contributed by atoms with Crippen LogP contribution in [0.4, 0.5) is 0 Å².